The monoisotopic (exact) mass is 209 g/mol. The molecule has 2 rings (SSSR count). The Kier molecular flexibility index (Phi) is 2.37. The second-order valence-electron chi connectivity index (χ2n) is 3.17. The number of benzene rings is 1. The topological polar surface area (TPSA) is 67.8 Å². The van der Waals surface area contributed by atoms with E-state index in [1.54, 1.807) is 12.1 Å². The van der Waals surface area contributed by atoms with E-state index in [-0.39, 0.29) is 5.75 Å². The van der Waals surface area contributed by atoms with Crippen LogP contribution in [0, 0.1) is 0 Å². The SMILES string of the molecule is COc1c(O)cccc1C1CNC(=O)O1. The Morgan fingerprint density at radius 2 is 2.40 bits per heavy atom. The van der Waals surface area contributed by atoms with Gasteiger partial charge in [-0.3, -0.25) is 0 Å². The number of carbonyl (C=O) groups is 1. The minimum atomic E-state index is -0.453. The lowest BCUT2D eigenvalue weighted by Crippen LogP contribution is -2.12. The van der Waals surface area contributed by atoms with Crippen LogP contribution in [0.1, 0.15) is 11.7 Å². The Morgan fingerprint density at radius 1 is 1.60 bits per heavy atom. The van der Waals surface area contributed by atoms with E-state index in [1.807, 2.05) is 0 Å². The molecule has 0 saturated carbocycles. The number of methoxy groups -OCH3 is 1. The Balaban J connectivity index is 2.35. The molecular formula is C10H11NO4. The number of hydrogen-bond donors (Lipinski definition) is 2. The Bertz CT molecular complexity index is 391. The predicted molar refractivity (Wildman–Crippen MR) is 51.9 cm³/mol. The normalized spacial score (nSPS) is 19.5. The van der Waals surface area contributed by atoms with Gasteiger partial charge in [-0.15, -0.1) is 0 Å². The zero-order valence-electron chi connectivity index (χ0n) is 8.19. The van der Waals surface area contributed by atoms with Crippen LogP contribution < -0.4 is 10.1 Å². The third kappa shape index (κ3) is 1.68. The highest BCUT2D eigenvalue weighted by molar-refractivity contribution is 5.70. The Labute approximate surface area is 86.6 Å². The maximum absolute atomic E-state index is 10.9. The second kappa shape index (κ2) is 3.68. The molecule has 1 unspecified atom stereocenters. The number of amides is 1. The van der Waals surface area contributed by atoms with Gasteiger partial charge in [-0.05, 0) is 6.07 Å². The number of rotatable bonds is 2. The molecule has 5 heteroatoms. The van der Waals surface area contributed by atoms with Gasteiger partial charge in [0.1, 0.15) is 6.10 Å². The molecule has 0 aromatic heterocycles. The van der Waals surface area contributed by atoms with Crippen LogP contribution in [0.4, 0.5) is 4.79 Å². The summed E-state index contributed by atoms with van der Waals surface area (Å²) in [6, 6.07) is 4.95. The van der Waals surface area contributed by atoms with E-state index in [0.29, 0.717) is 17.9 Å². The summed E-state index contributed by atoms with van der Waals surface area (Å²) in [7, 11) is 1.46. The van der Waals surface area contributed by atoms with Crippen molar-refractivity contribution in [1.29, 1.82) is 0 Å². The third-order valence-electron chi connectivity index (χ3n) is 2.26. The fraction of sp³-hybridized carbons (Fsp3) is 0.300. The summed E-state index contributed by atoms with van der Waals surface area (Å²) in [5.74, 6) is 0.386. The first-order valence-corrected chi connectivity index (χ1v) is 4.52. The van der Waals surface area contributed by atoms with Crippen LogP contribution in [-0.4, -0.2) is 24.9 Å². The minimum absolute atomic E-state index is 0.0398. The quantitative estimate of drug-likeness (QED) is 0.767. The summed E-state index contributed by atoms with van der Waals surface area (Å²) >= 11 is 0. The van der Waals surface area contributed by atoms with Crippen molar-refractivity contribution in [2.75, 3.05) is 13.7 Å². The number of hydrogen-bond acceptors (Lipinski definition) is 4. The van der Waals surface area contributed by atoms with Crippen molar-refractivity contribution in [2.45, 2.75) is 6.10 Å². The molecule has 1 aliphatic heterocycles. The average Bonchev–Trinajstić information content (AvgIpc) is 2.64. The van der Waals surface area contributed by atoms with Gasteiger partial charge in [0, 0.05) is 5.56 Å². The van der Waals surface area contributed by atoms with Crippen molar-refractivity contribution in [3.63, 3.8) is 0 Å². The minimum Gasteiger partial charge on any atom is -0.504 e. The number of phenols is 1. The number of aromatic hydroxyl groups is 1. The van der Waals surface area contributed by atoms with Gasteiger partial charge >= 0.3 is 6.09 Å². The standard InChI is InChI=1S/C10H11NO4/c1-14-9-6(3-2-4-7(9)12)8-5-11-10(13)15-8/h2-4,8,12H,5H2,1H3,(H,11,13). The average molecular weight is 209 g/mol. The number of phenolic OH excluding ortho intramolecular Hbond substituents is 1. The number of ether oxygens (including phenoxy) is 2. The summed E-state index contributed by atoms with van der Waals surface area (Å²) in [6.45, 7) is 0.388. The molecule has 1 amide bonds. The highest BCUT2D eigenvalue weighted by Crippen LogP contribution is 2.36. The van der Waals surface area contributed by atoms with E-state index in [2.05, 4.69) is 5.32 Å². The van der Waals surface area contributed by atoms with Gasteiger partial charge < -0.3 is 19.9 Å². The van der Waals surface area contributed by atoms with E-state index < -0.39 is 12.2 Å². The second-order valence-corrected chi connectivity index (χ2v) is 3.17. The van der Waals surface area contributed by atoms with Crippen LogP contribution in [0.25, 0.3) is 0 Å². The molecule has 0 bridgehead atoms. The largest absolute Gasteiger partial charge is 0.504 e. The molecule has 2 N–H and O–H groups in total. The summed E-state index contributed by atoms with van der Waals surface area (Å²) in [5, 5.41) is 12.1. The molecule has 1 aliphatic rings. The molecule has 0 spiro atoms. The summed E-state index contributed by atoms with van der Waals surface area (Å²) < 4.78 is 10.1. The van der Waals surface area contributed by atoms with E-state index in [9.17, 15) is 9.90 Å². The number of carbonyl (C=O) groups excluding carboxylic acids is 1. The van der Waals surface area contributed by atoms with Gasteiger partial charge in [-0.25, -0.2) is 4.79 Å². The molecule has 1 fully saturated rings. The van der Waals surface area contributed by atoms with Crippen molar-refractivity contribution in [1.82, 2.24) is 5.32 Å². The summed E-state index contributed by atoms with van der Waals surface area (Å²) in [6.07, 6.45) is -0.857. The van der Waals surface area contributed by atoms with E-state index in [1.165, 1.54) is 13.2 Å². The highest BCUT2D eigenvalue weighted by atomic mass is 16.6. The molecule has 0 radical (unpaired) electrons. The number of cyclic esters (lactones) is 1. The van der Waals surface area contributed by atoms with Gasteiger partial charge in [-0.2, -0.15) is 0 Å². The lowest BCUT2D eigenvalue weighted by Gasteiger charge is -2.13. The number of alkyl carbamates (subject to hydrolysis) is 1. The van der Waals surface area contributed by atoms with Crippen LogP contribution in [0.5, 0.6) is 11.5 Å². The van der Waals surface area contributed by atoms with E-state index in [4.69, 9.17) is 9.47 Å². The number of para-hydroxylation sites is 1. The first-order valence-electron chi connectivity index (χ1n) is 4.52. The van der Waals surface area contributed by atoms with Crippen LogP contribution in [0.15, 0.2) is 18.2 Å². The van der Waals surface area contributed by atoms with Gasteiger partial charge in [0.2, 0.25) is 0 Å². The summed E-state index contributed by atoms with van der Waals surface area (Å²) in [5.41, 5.74) is 0.663. The van der Waals surface area contributed by atoms with Crippen molar-refractivity contribution in [3.05, 3.63) is 23.8 Å². The Morgan fingerprint density at radius 3 is 3.00 bits per heavy atom. The van der Waals surface area contributed by atoms with Gasteiger partial charge in [-0.1, -0.05) is 12.1 Å². The summed E-state index contributed by atoms with van der Waals surface area (Å²) in [4.78, 5) is 10.9. The van der Waals surface area contributed by atoms with Crippen molar-refractivity contribution >= 4 is 6.09 Å². The van der Waals surface area contributed by atoms with E-state index >= 15 is 0 Å². The molecule has 1 saturated heterocycles. The molecule has 5 nitrogen and oxygen atoms in total. The van der Waals surface area contributed by atoms with Crippen LogP contribution in [0.2, 0.25) is 0 Å². The predicted octanol–water partition coefficient (Wildman–Crippen LogP) is 1.18. The molecule has 80 valence electrons. The number of nitrogens with one attached hydrogen (secondary N) is 1. The molecular weight excluding hydrogens is 198 g/mol. The fourth-order valence-electron chi connectivity index (χ4n) is 1.58. The van der Waals surface area contributed by atoms with Gasteiger partial charge in [0.25, 0.3) is 0 Å². The Hall–Kier alpha value is -1.91. The highest BCUT2D eigenvalue weighted by Gasteiger charge is 2.27. The fourth-order valence-corrected chi connectivity index (χ4v) is 1.58. The zero-order valence-corrected chi connectivity index (χ0v) is 8.19. The van der Waals surface area contributed by atoms with Crippen LogP contribution in [0.3, 0.4) is 0 Å². The van der Waals surface area contributed by atoms with Crippen LogP contribution in [-0.2, 0) is 4.74 Å². The first-order chi connectivity index (χ1) is 7.22. The molecule has 1 aromatic rings. The lowest BCUT2D eigenvalue weighted by molar-refractivity contribution is 0.139. The van der Waals surface area contributed by atoms with Crippen LogP contribution >= 0.6 is 0 Å². The maximum Gasteiger partial charge on any atom is 0.407 e. The van der Waals surface area contributed by atoms with Gasteiger partial charge in [0.05, 0.1) is 13.7 Å². The smallest absolute Gasteiger partial charge is 0.407 e. The van der Waals surface area contributed by atoms with Crippen molar-refractivity contribution in [3.8, 4) is 11.5 Å². The molecule has 15 heavy (non-hydrogen) atoms. The molecule has 0 aliphatic carbocycles. The zero-order chi connectivity index (χ0) is 10.8. The maximum atomic E-state index is 10.9. The van der Waals surface area contributed by atoms with Crippen molar-refractivity contribution < 1.29 is 19.4 Å². The van der Waals surface area contributed by atoms with Gasteiger partial charge in [0.15, 0.2) is 11.5 Å². The molecule has 1 heterocycles. The third-order valence-corrected chi connectivity index (χ3v) is 2.26. The lowest BCUT2D eigenvalue weighted by atomic mass is 10.1. The first kappa shape index (κ1) is 9.64. The van der Waals surface area contributed by atoms with Crippen molar-refractivity contribution in [2.24, 2.45) is 0 Å². The molecule has 1 atom stereocenters. The van der Waals surface area contributed by atoms with E-state index in [0.717, 1.165) is 0 Å². The molecule has 1 aromatic carbocycles.